The molecule has 2 saturated carbocycles. The number of urea groups is 1. The van der Waals surface area contributed by atoms with E-state index in [0.717, 1.165) is 56.5 Å². The fourth-order valence-electron chi connectivity index (χ4n) is 7.28. The minimum absolute atomic E-state index is 0.00805. The standard InChI is InChI=1S/C33H54N6O5S2/c1-2-46(43,44)35-18-7-6-12-29(36-25-9-4-3-5-10-25)31(41)39-19-13-28(27(24-39)30(40)34-23-26-11-8-22-45-26)37-32(42)38-20-16-33(14-15-33)17-21-38/h8,11,22,25,27-29,35-36H,2-7,9-10,12-21,23-24H2,1H3,(H,34,40)(H,37,42)/t27-,28+,29+/m0/s1. The third-order valence-electron chi connectivity index (χ3n) is 10.6. The first-order chi connectivity index (χ1) is 22.2. The van der Waals surface area contributed by atoms with E-state index in [1.807, 2.05) is 27.3 Å². The van der Waals surface area contributed by atoms with Crippen LogP contribution < -0.4 is 20.7 Å². The summed E-state index contributed by atoms with van der Waals surface area (Å²) in [5.41, 5.74) is 0.471. The fraction of sp³-hybridized carbons (Fsp3) is 0.788. The normalized spacial score (nSPS) is 24.0. The van der Waals surface area contributed by atoms with Crippen molar-refractivity contribution in [3.8, 4) is 0 Å². The van der Waals surface area contributed by atoms with E-state index in [2.05, 4.69) is 20.7 Å². The molecule has 4 amide bonds. The van der Waals surface area contributed by atoms with Crippen molar-refractivity contribution in [2.45, 2.75) is 115 Å². The lowest BCUT2D eigenvalue weighted by molar-refractivity contribution is -0.138. The molecule has 0 aromatic carbocycles. The highest BCUT2D eigenvalue weighted by Gasteiger charge is 2.46. The van der Waals surface area contributed by atoms with E-state index in [4.69, 9.17) is 0 Å². The van der Waals surface area contributed by atoms with Crippen molar-refractivity contribution in [3.63, 3.8) is 0 Å². The van der Waals surface area contributed by atoms with E-state index in [-0.39, 0.29) is 42.2 Å². The lowest BCUT2D eigenvalue weighted by Gasteiger charge is -2.41. The van der Waals surface area contributed by atoms with E-state index in [1.165, 1.54) is 19.3 Å². The monoisotopic (exact) mass is 678 g/mol. The highest BCUT2D eigenvalue weighted by Crippen LogP contribution is 2.53. The summed E-state index contributed by atoms with van der Waals surface area (Å²) in [6.07, 6.45) is 12.7. The SMILES string of the molecule is CCS(=O)(=O)NCCCC[C@@H](NC1CCCCC1)C(=O)N1CC[C@@H](NC(=O)N2CCC3(CC2)CC3)[C@@H](C(=O)NCc2cccs2)C1. The molecule has 4 aliphatic rings. The molecule has 46 heavy (non-hydrogen) atoms. The van der Waals surface area contributed by atoms with Gasteiger partial charge in [-0.3, -0.25) is 9.59 Å². The Hall–Kier alpha value is -2.22. The van der Waals surface area contributed by atoms with Crippen LogP contribution in [-0.2, 0) is 26.2 Å². The number of thiophene rings is 1. The van der Waals surface area contributed by atoms with Crippen LogP contribution in [0.3, 0.4) is 0 Å². The van der Waals surface area contributed by atoms with Crippen molar-refractivity contribution in [3.05, 3.63) is 22.4 Å². The van der Waals surface area contributed by atoms with E-state index in [9.17, 15) is 22.8 Å². The van der Waals surface area contributed by atoms with E-state index < -0.39 is 22.0 Å². The summed E-state index contributed by atoms with van der Waals surface area (Å²) in [5, 5.41) is 11.9. The number of hydrogen-bond donors (Lipinski definition) is 4. The first-order valence-electron chi connectivity index (χ1n) is 17.5. The molecule has 0 unspecified atom stereocenters. The summed E-state index contributed by atoms with van der Waals surface area (Å²) in [7, 11) is -3.24. The maximum atomic E-state index is 14.1. The summed E-state index contributed by atoms with van der Waals surface area (Å²) in [6, 6.07) is 3.37. The van der Waals surface area contributed by atoms with E-state index >= 15 is 0 Å². The number of rotatable bonds is 14. The highest BCUT2D eigenvalue weighted by molar-refractivity contribution is 7.89. The minimum Gasteiger partial charge on any atom is -0.351 e. The minimum atomic E-state index is -3.24. The molecule has 3 atom stereocenters. The van der Waals surface area contributed by atoms with Crippen molar-refractivity contribution in [1.82, 2.24) is 30.5 Å². The fourth-order valence-corrected chi connectivity index (χ4v) is 8.58. The molecule has 0 radical (unpaired) electrons. The Bertz CT molecular complexity index is 1260. The average molecular weight is 679 g/mol. The molecule has 11 nitrogen and oxygen atoms in total. The molecule has 2 saturated heterocycles. The lowest BCUT2D eigenvalue weighted by Crippen LogP contribution is -2.61. The summed E-state index contributed by atoms with van der Waals surface area (Å²) in [6.45, 7) is 4.63. The molecule has 4 N–H and O–H groups in total. The number of amides is 4. The Morgan fingerprint density at radius 1 is 1.00 bits per heavy atom. The van der Waals surface area contributed by atoms with Gasteiger partial charge in [0.1, 0.15) is 0 Å². The van der Waals surface area contributed by atoms with E-state index in [0.29, 0.717) is 50.7 Å². The van der Waals surface area contributed by atoms with Gasteiger partial charge in [-0.1, -0.05) is 31.7 Å². The van der Waals surface area contributed by atoms with Crippen LogP contribution in [0.15, 0.2) is 17.5 Å². The molecule has 2 aliphatic heterocycles. The average Bonchev–Trinajstić information content (AvgIpc) is 3.60. The second-order valence-electron chi connectivity index (χ2n) is 13.9. The zero-order valence-electron chi connectivity index (χ0n) is 27.4. The Kier molecular flexibility index (Phi) is 12.4. The summed E-state index contributed by atoms with van der Waals surface area (Å²) >= 11 is 1.58. The number of piperidine rings is 2. The maximum Gasteiger partial charge on any atom is 0.317 e. The molecule has 5 rings (SSSR count). The second kappa shape index (κ2) is 16.3. The number of carbonyl (C=O) groups excluding carboxylic acids is 3. The van der Waals surface area contributed by atoms with Crippen LogP contribution >= 0.6 is 11.3 Å². The van der Waals surface area contributed by atoms with Gasteiger partial charge >= 0.3 is 6.03 Å². The molecule has 0 bridgehead atoms. The number of hydrogen-bond acceptors (Lipinski definition) is 7. The van der Waals surface area contributed by atoms with Crippen molar-refractivity contribution in [2.75, 3.05) is 38.5 Å². The smallest absolute Gasteiger partial charge is 0.317 e. The van der Waals surface area contributed by atoms with E-state index in [1.54, 1.807) is 18.3 Å². The number of sulfonamides is 1. The highest BCUT2D eigenvalue weighted by atomic mass is 32.2. The number of nitrogens with one attached hydrogen (secondary N) is 4. The van der Waals surface area contributed by atoms with Crippen LogP contribution in [0.25, 0.3) is 0 Å². The van der Waals surface area contributed by atoms with Gasteiger partial charge in [-0.05, 0) is 81.6 Å². The molecule has 1 aromatic rings. The maximum absolute atomic E-state index is 14.1. The zero-order chi connectivity index (χ0) is 32.6. The van der Waals surface area contributed by atoms with Gasteiger partial charge in [0.25, 0.3) is 0 Å². The summed E-state index contributed by atoms with van der Waals surface area (Å²) in [5.74, 6) is -0.660. The van der Waals surface area contributed by atoms with Gasteiger partial charge in [0.05, 0.1) is 24.3 Å². The predicted molar refractivity (Wildman–Crippen MR) is 181 cm³/mol. The number of unbranched alkanes of at least 4 members (excludes halogenated alkanes) is 1. The van der Waals surface area contributed by atoms with Gasteiger partial charge in [0.15, 0.2) is 0 Å². The van der Waals surface area contributed by atoms with Gasteiger partial charge in [-0.15, -0.1) is 11.3 Å². The molecule has 3 heterocycles. The number of likely N-dealkylation sites (tertiary alicyclic amines) is 2. The number of carbonyl (C=O) groups is 3. The largest absolute Gasteiger partial charge is 0.351 e. The molecule has 4 fully saturated rings. The molecular formula is C33H54N6O5S2. The van der Waals surface area contributed by atoms with Crippen molar-refractivity contribution < 1.29 is 22.8 Å². The first kappa shape index (κ1) is 35.1. The third kappa shape index (κ3) is 9.90. The van der Waals surface area contributed by atoms with Gasteiger partial charge in [0.2, 0.25) is 21.8 Å². The predicted octanol–water partition coefficient (Wildman–Crippen LogP) is 3.57. The number of nitrogens with zero attached hydrogens (tertiary/aromatic N) is 2. The van der Waals surface area contributed by atoms with Crippen LogP contribution in [0.5, 0.6) is 0 Å². The van der Waals surface area contributed by atoms with Gasteiger partial charge in [-0.25, -0.2) is 17.9 Å². The Morgan fingerprint density at radius 2 is 1.76 bits per heavy atom. The first-order valence-corrected chi connectivity index (χ1v) is 20.1. The van der Waals surface area contributed by atoms with Gasteiger partial charge in [-0.2, -0.15) is 0 Å². The van der Waals surface area contributed by atoms with Crippen LogP contribution in [0.2, 0.25) is 0 Å². The Labute approximate surface area is 279 Å². The van der Waals surface area contributed by atoms with Gasteiger partial charge < -0.3 is 25.8 Å². The molecule has 13 heteroatoms. The van der Waals surface area contributed by atoms with Crippen molar-refractivity contribution in [1.29, 1.82) is 0 Å². The Balaban J connectivity index is 1.22. The van der Waals surface area contributed by atoms with Crippen LogP contribution in [0.1, 0.15) is 95.3 Å². The van der Waals surface area contributed by atoms with Crippen molar-refractivity contribution in [2.24, 2.45) is 11.3 Å². The van der Waals surface area contributed by atoms with Crippen LogP contribution in [-0.4, -0.2) is 92.7 Å². The Morgan fingerprint density at radius 3 is 2.43 bits per heavy atom. The summed E-state index contributed by atoms with van der Waals surface area (Å²) in [4.78, 5) is 45.9. The molecule has 258 valence electrons. The topological polar surface area (TPSA) is 140 Å². The van der Waals surface area contributed by atoms with Crippen LogP contribution in [0.4, 0.5) is 4.79 Å². The molecule has 2 aliphatic carbocycles. The summed E-state index contributed by atoms with van der Waals surface area (Å²) < 4.78 is 26.3. The quantitative estimate of drug-likeness (QED) is 0.222. The van der Waals surface area contributed by atoms with Crippen LogP contribution in [0, 0.1) is 11.3 Å². The zero-order valence-corrected chi connectivity index (χ0v) is 29.1. The molecular weight excluding hydrogens is 625 g/mol. The second-order valence-corrected chi connectivity index (χ2v) is 17.0. The van der Waals surface area contributed by atoms with Gasteiger partial charge in [0, 0.05) is 49.7 Å². The van der Waals surface area contributed by atoms with Crippen molar-refractivity contribution >= 4 is 39.2 Å². The molecule has 1 aromatic heterocycles. The molecule has 1 spiro atoms. The third-order valence-corrected chi connectivity index (χ3v) is 12.9. The lowest BCUT2D eigenvalue weighted by atomic mass is 9.89.